The van der Waals surface area contributed by atoms with Crippen molar-refractivity contribution in [2.24, 2.45) is 5.73 Å². The zero-order valence-electron chi connectivity index (χ0n) is 23.9. The van der Waals surface area contributed by atoms with Gasteiger partial charge in [-0.1, -0.05) is 51.2 Å². The maximum atomic E-state index is 12.4. The second kappa shape index (κ2) is 20.0. The molecule has 0 fully saturated rings. The van der Waals surface area contributed by atoms with E-state index in [0.717, 1.165) is 18.5 Å². The number of hydrogen-bond donors (Lipinski definition) is 5. The van der Waals surface area contributed by atoms with Crippen LogP contribution in [0.5, 0.6) is 0 Å². The molecular weight excluding hydrogens is 496 g/mol. The first-order valence-corrected chi connectivity index (χ1v) is 14.2. The highest BCUT2D eigenvalue weighted by molar-refractivity contribution is 5.94. The number of aromatic nitrogens is 3. The van der Waals surface area contributed by atoms with E-state index in [9.17, 15) is 4.79 Å². The molecule has 0 unspecified atom stereocenters. The van der Waals surface area contributed by atoms with Gasteiger partial charge >= 0.3 is 0 Å². The van der Waals surface area contributed by atoms with Gasteiger partial charge in [0.1, 0.15) is 0 Å². The zero-order chi connectivity index (χ0) is 28.1. The summed E-state index contributed by atoms with van der Waals surface area (Å²) in [5.74, 6) is 1.45. The van der Waals surface area contributed by atoms with Crippen LogP contribution in [0.4, 0.5) is 17.8 Å². The fourth-order valence-corrected chi connectivity index (χ4v) is 3.66. The summed E-state index contributed by atoms with van der Waals surface area (Å²) >= 11 is 0. The molecule has 11 heteroatoms. The van der Waals surface area contributed by atoms with Crippen LogP contribution in [0.2, 0.25) is 0 Å². The topological polar surface area (TPSA) is 148 Å². The molecule has 0 radical (unpaired) electrons. The van der Waals surface area contributed by atoms with E-state index in [0.29, 0.717) is 69.5 Å². The van der Waals surface area contributed by atoms with E-state index >= 15 is 0 Å². The third-order valence-corrected chi connectivity index (χ3v) is 5.70. The first-order chi connectivity index (χ1) is 19.0. The first-order valence-electron chi connectivity index (χ1n) is 14.2. The van der Waals surface area contributed by atoms with Gasteiger partial charge < -0.3 is 36.5 Å². The molecule has 218 valence electrons. The number of anilines is 3. The highest BCUT2D eigenvalue weighted by Gasteiger charge is 2.09. The summed E-state index contributed by atoms with van der Waals surface area (Å²) in [6.07, 6.45) is 7.41. The number of nitrogens with one attached hydrogen (secondary N) is 4. The van der Waals surface area contributed by atoms with Crippen molar-refractivity contribution in [1.82, 2.24) is 20.3 Å². The van der Waals surface area contributed by atoms with E-state index in [1.54, 1.807) is 12.1 Å². The summed E-state index contributed by atoms with van der Waals surface area (Å²) in [4.78, 5) is 25.9. The molecule has 0 aliphatic heterocycles. The van der Waals surface area contributed by atoms with Crippen molar-refractivity contribution in [2.45, 2.75) is 71.9 Å². The van der Waals surface area contributed by atoms with Crippen LogP contribution in [0, 0.1) is 0 Å². The Morgan fingerprint density at radius 1 is 0.821 bits per heavy atom. The summed E-state index contributed by atoms with van der Waals surface area (Å²) < 4.78 is 10.7. The molecule has 1 heterocycles. The lowest BCUT2D eigenvalue weighted by Crippen LogP contribution is -2.27. The standard InChI is InChI=1S/C28H48N8O3/c1-4-5-6-7-8-9-15-31-26-34-27(36-28(35-26)33-22(2)3)32-21-23-10-12-24(13-11-23)25(37)30-16-18-39-20-19-38-17-14-29/h10-13,22H,4-9,14-21,29H2,1-3H3,(H,30,37)(H3,31,32,33,34,35,36). The third kappa shape index (κ3) is 14.6. The lowest BCUT2D eigenvalue weighted by molar-refractivity contribution is 0.0511. The van der Waals surface area contributed by atoms with E-state index in [1.807, 2.05) is 26.0 Å². The molecule has 1 aromatic heterocycles. The Morgan fingerprint density at radius 3 is 2.15 bits per heavy atom. The molecule has 0 saturated heterocycles. The molecule has 2 rings (SSSR count). The van der Waals surface area contributed by atoms with Crippen molar-refractivity contribution in [3.8, 4) is 0 Å². The predicted octanol–water partition coefficient (Wildman–Crippen LogP) is 3.80. The SMILES string of the molecule is CCCCCCCCNc1nc(NCc2ccc(C(=O)NCCOCCOCCN)cc2)nc(NC(C)C)n1. The second-order valence-electron chi connectivity index (χ2n) is 9.62. The van der Waals surface area contributed by atoms with Gasteiger partial charge in [0.25, 0.3) is 5.91 Å². The number of carbonyl (C=O) groups is 1. The number of benzene rings is 1. The first kappa shape index (κ1) is 32.2. The number of rotatable bonds is 22. The minimum Gasteiger partial charge on any atom is -0.378 e. The Hall–Kier alpha value is -3.02. The Kier molecular flexibility index (Phi) is 16.5. The van der Waals surface area contributed by atoms with Gasteiger partial charge in [-0.2, -0.15) is 15.0 Å². The summed E-state index contributed by atoms with van der Waals surface area (Å²) in [6.45, 7) is 10.5. The van der Waals surface area contributed by atoms with Crippen LogP contribution in [0.1, 0.15) is 75.2 Å². The fraction of sp³-hybridized carbons (Fsp3) is 0.643. The minimum atomic E-state index is -0.138. The van der Waals surface area contributed by atoms with Crippen LogP contribution >= 0.6 is 0 Å². The Balaban J connectivity index is 1.80. The van der Waals surface area contributed by atoms with E-state index < -0.39 is 0 Å². The number of amides is 1. The Labute approximate surface area is 233 Å². The molecule has 0 spiro atoms. The second-order valence-corrected chi connectivity index (χ2v) is 9.62. The van der Waals surface area contributed by atoms with Crippen LogP contribution in [-0.2, 0) is 16.0 Å². The van der Waals surface area contributed by atoms with Crippen LogP contribution in [0.25, 0.3) is 0 Å². The average Bonchev–Trinajstić information content (AvgIpc) is 2.92. The lowest BCUT2D eigenvalue weighted by atomic mass is 10.1. The van der Waals surface area contributed by atoms with Crippen molar-refractivity contribution in [3.63, 3.8) is 0 Å². The smallest absolute Gasteiger partial charge is 0.251 e. The molecule has 39 heavy (non-hydrogen) atoms. The molecule has 0 aliphatic carbocycles. The van der Waals surface area contributed by atoms with Crippen LogP contribution in [0.15, 0.2) is 24.3 Å². The van der Waals surface area contributed by atoms with Crippen molar-refractivity contribution in [3.05, 3.63) is 35.4 Å². The molecule has 11 nitrogen and oxygen atoms in total. The van der Waals surface area contributed by atoms with E-state index in [-0.39, 0.29) is 11.9 Å². The monoisotopic (exact) mass is 544 g/mol. The molecule has 0 atom stereocenters. The van der Waals surface area contributed by atoms with Crippen molar-refractivity contribution >= 4 is 23.8 Å². The van der Waals surface area contributed by atoms with Gasteiger partial charge in [0.2, 0.25) is 17.8 Å². The summed E-state index contributed by atoms with van der Waals surface area (Å²) in [5, 5.41) is 12.7. The number of nitrogens with two attached hydrogens (primary N) is 1. The third-order valence-electron chi connectivity index (χ3n) is 5.70. The summed E-state index contributed by atoms with van der Waals surface area (Å²) in [5.41, 5.74) is 6.96. The lowest BCUT2D eigenvalue weighted by Gasteiger charge is -2.13. The molecule has 2 aromatic rings. The predicted molar refractivity (Wildman–Crippen MR) is 157 cm³/mol. The van der Waals surface area contributed by atoms with Gasteiger partial charge in [0.05, 0.1) is 26.4 Å². The van der Waals surface area contributed by atoms with Gasteiger partial charge in [-0.25, -0.2) is 0 Å². The van der Waals surface area contributed by atoms with Gasteiger partial charge in [-0.05, 0) is 38.0 Å². The number of ether oxygens (including phenoxy) is 2. The van der Waals surface area contributed by atoms with Crippen LogP contribution in [0.3, 0.4) is 0 Å². The molecule has 0 aliphatic rings. The van der Waals surface area contributed by atoms with Crippen molar-refractivity contribution in [2.75, 3.05) is 62.0 Å². The number of unbranched alkanes of at least 4 members (excludes halogenated alkanes) is 5. The van der Waals surface area contributed by atoms with Gasteiger partial charge in [-0.15, -0.1) is 0 Å². The molecule has 0 bridgehead atoms. The zero-order valence-corrected chi connectivity index (χ0v) is 23.9. The highest BCUT2D eigenvalue weighted by atomic mass is 16.5. The largest absolute Gasteiger partial charge is 0.378 e. The van der Waals surface area contributed by atoms with E-state index in [2.05, 4.69) is 43.1 Å². The number of nitrogens with zero attached hydrogens (tertiary/aromatic N) is 3. The molecular formula is C28H48N8O3. The minimum absolute atomic E-state index is 0.138. The maximum Gasteiger partial charge on any atom is 0.251 e. The number of carbonyl (C=O) groups excluding carboxylic acids is 1. The average molecular weight is 545 g/mol. The summed E-state index contributed by atoms with van der Waals surface area (Å²) in [7, 11) is 0. The quantitative estimate of drug-likeness (QED) is 0.139. The molecule has 1 aromatic carbocycles. The Bertz CT molecular complexity index is 928. The van der Waals surface area contributed by atoms with E-state index in [1.165, 1.54) is 32.1 Å². The number of hydrogen-bond acceptors (Lipinski definition) is 10. The van der Waals surface area contributed by atoms with E-state index in [4.69, 9.17) is 15.2 Å². The Morgan fingerprint density at radius 2 is 1.46 bits per heavy atom. The normalized spacial score (nSPS) is 11.0. The van der Waals surface area contributed by atoms with Crippen molar-refractivity contribution in [1.29, 1.82) is 0 Å². The van der Waals surface area contributed by atoms with Gasteiger partial charge in [0, 0.05) is 37.8 Å². The summed E-state index contributed by atoms with van der Waals surface area (Å²) in [6, 6.07) is 7.65. The van der Waals surface area contributed by atoms with Gasteiger partial charge in [0.15, 0.2) is 0 Å². The maximum absolute atomic E-state index is 12.4. The molecule has 0 saturated carbocycles. The van der Waals surface area contributed by atoms with Crippen LogP contribution < -0.4 is 27.0 Å². The molecule has 1 amide bonds. The van der Waals surface area contributed by atoms with Crippen molar-refractivity contribution < 1.29 is 14.3 Å². The van der Waals surface area contributed by atoms with Gasteiger partial charge in [-0.3, -0.25) is 4.79 Å². The van der Waals surface area contributed by atoms with Crippen LogP contribution in [-0.4, -0.2) is 73.0 Å². The fourth-order valence-electron chi connectivity index (χ4n) is 3.66. The molecule has 6 N–H and O–H groups in total. The highest BCUT2D eigenvalue weighted by Crippen LogP contribution is 2.13.